The van der Waals surface area contributed by atoms with E-state index in [1.807, 2.05) is 35.1 Å². The van der Waals surface area contributed by atoms with Gasteiger partial charge >= 0.3 is 0 Å². The van der Waals surface area contributed by atoms with E-state index in [1.165, 1.54) is 11.1 Å². The predicted octanol–water partition coefficient (Wildman–Crippen LogP) is 6.46. The summed E-state index contributed by atoms with van der Waals surface area (Å²) in [6, 6.07) is 20.5. The number of ether oxygens (including phenoxy) is 1. The summed E-state index contributed by atoms with van der Waals surface area (Å²) in [4.78, 5) is 5.04. The zero-order valence-electron chi connectivity index (χ0n) is 19.5. The zero-order chi connectivity index (χ0) is 23.5. The molecule has 0 unspecified atom stereocenters. The largest absolute Gasteiger partial charge is 0.378 e. The maximum absolute atomic E-state index is 9.22. The van der Waals surface area contributed by atoms with E-state index < -0.39 is 0 Å². The molecule has 0 amide bonds. The van der Waals surface area contributed by atoms with Crippen LogP contribution >= 0.6 is 0 Å². The Morgan fingerprint density at radius 1 is 1.09 bits per heavy atom. The molecule has 5 heteroatoms. The number of nitriles is 1. The Balaban J connectivity index is 1.52. The van der Waals surface area contributed by atoms with Gasteiger partial charge in [0.25, 0.3) is 0 Å². The number of pyridine rings is 1. The van der Waals surface area contributed by atoms with Crippen LogP contribution in [-0.4, -0.2) is 27.5 Å². The first kappa shape index (κ1) is 22.1. The van der Waals surface area contributed by atoms with Crippen molar-refractivity contribution in [3.05, 3.63) is 84.1 Å². The highest BCUT2D eigenvalue weighted by Gasteiger charge is 2.17. The second-order valence-corrected chi connectivity index (χ2v) is 9.03. The molecule has 0 saturated carbocycles. The monoisotopic (exact) mass is 448 g/mol. The molecule has 5 nitrogen and oxygen atoms in total. The van der Waals surface area contributed by atoms with Gasteiger partial charge in [-0.3, -0.25) is 4.68 Å². The SMILES string of the molecule is C=C1CCO[C@H](CCn2ncc3nc(-c4ccc(C)cc4)c(-c4ccc(C#N)cc4)cc32)CC1. The number of nitrogens with zero attached hydrogens (tertiary/aromatic N) is 4. The number of aryl methyl sites for hydroxylation is 2. The summed E-state index contributed by atoms with van der Waals surface area (Å²) in [5.41, 5.74) is 9.07. The van der Waals surface area contributed by atoms with Gasteiger partial charge in [0.2, 0.25) is 0 Å². The molecule has 0 spiro atoms. The van der Waals surface area contributed by atoms with E-state index in [0.717, 1.165) is 72.3 Å². The minimum absolute atomic E-state index is 0.233. The lowest BCUT2D eigenvalue weighted by Gasteiger charge is -2.15. The Morgan fingerprint density at radius 2 is 1.85 bits per heavy atom. The van der Waals surface area contributed by atoms with Gasteiger partial charge in [0, 0.05) is 17.7 Å². The second-order valence-electron chi connectivity index (χ2n) is 9.03. The summed E-state index contributed by atoms with van der Waals surface area (Å²) in [5.74, 6) is 0. The Labute approximate surface area is 200 Å². The molecule has 1 saturated heterocycles. The number of hydrogen-bond acceptors (Lipinski definition) is 4. The Hall–Kier alpha value is -3.75. The molecule has 1 atom stereocenters. The summed E-state index contributed by atoms with van der Waals surface area (Å²) in [7, 11) is 0. The lowest BCUT2D eigenvalue weighted by molar-refractivity contribution is 0.0499. The van der Waals surface area contributed by atoms with Crippen molar-refractivity contribution in [3.63, 3.8) is 0 Å². The van der Waals surface area contributed by atoms with E-state index in [0.29, 0.717) is 5.56 Å². The molecule has 5 rings (SSSR count). The van der Waals surface area contributed by atoms with Gasteiger partial charge < -0.3 is 4.74 Å². The normalized spacial score (nSPS) is 16.4. The van der Waals surface area contributed by atoms with Crippen LogP contribution in [0.4, 0.5) is 0 Å². The Morgan fingerprint density at radius 3 is 2.62 bits per heavy atom. The highest BCUT2D eigenvalue weighted by Crippen LogP contribution is 2.34. The van der Waals surface area contributed by atoms with Gasteiger partial charge in [-0.15, -0.1) is 0 Å². The topological polar surface area (TPSA) is 63.7 Å². The molecular weight excluding hydrogens is 420 g/mol. The maximum Gasteiger partial charge on any atom is 0.109 e. The fourth-order valence-corrected chi connectivity index (χ4v) is 4.50. The smallest absolute Gasteiger partial charge is 0.109 e. The highest BCUT2D eigenvalue weighted by molar-refractivity contribution is 5.90. The molecule has 2 aromatic heterocycles. The summed E-state index contributed by atoms with van der Waals surface area (Å²) >= 11 is 0. The number of benzene rings is 2. The molecule has 0 radical (unpaired) electrons. The van der Waals surface area contributed by atoms with Crippen LogP contribution in [0.25, 0.3) is 33.4 Å². The van der Waals surface area contributed by atoms with E-state index in [4.69, 9.17) is 9.72 Å². The average molecular weight is 449 g/mol. The van der Waals surface area contributed by atoms with Gasteiger partial charge in [0.1, 0.15) is 5.52 Å². The van der Waals surface area contributed by atoms with E-state index in [1.54, 1.807) is 0 Å². The van der Waals surface area contributed by atoms with Crippen molar-refractivity contribution in [3.8, 4) is 28.5 Å². The van der Waals surface area contributed by atoms with Crippen LogP contribution in [0.2, 0.25) is 0 Å². The lowest BCUT2D eigenvalue weighted by atomic mass is 9.97. The van der Waals surface area contributed by atoms with Crippen LogP contribution < -0.4 is 0 Å². The number of fused-ring (bicyclic) bond motifs is 1. The quantitative estimate of drug-likeness (QED) is 0.329. The van der Waals surface area contributed by atoms with E-state index in [2.05, 4.69) is 55.0 Å². The van der Waals surface area contributed by atoms with Crippen LogP contribution in [0.15, 0.2) is 72.9 Å². The maximum atomic E-state index is 9.22. The molecule has 1 fully saturated rings. The molecule has 3 heterocycles. The van der Waals surface area contributed by atoms with E-state index in [9.17, 15) is 5.26 Å². The van der Waals surface area contributed by atoms with Crippen molar-refractivity contribution in [1.82, 2.24) is 14.8 Å². The molecule has 4 aromatic rings. The third-order valence-electron chi connectivity index (χ3n) is 6.57. The fraction of sp³-hybridized carbons (Fsp3) is 0.276. The van der Waals surface area contributed by atoms with Crippen molar-refractivity contribution in [2.24, 2.45) is 0 Å². The minimum Gasteiger partial charge on any atom is -0.378 e. The molecule has 1 aliphatic rings. The van der Waals surface area contributed by atoms with Crippen molar-refractivity contribution in [1.29, 1.82) is 5.26 Å². The summed E-state index contributed by atoms with van der Waals surface area (Å²) < 4.78 is 8.08. The van der Waals surface area contributed by atoms with Crippen molar-refractivity contribution < 1.29 is 4.74 Å². The van der Waals surface area contributed by atoms with Crippen LogP contribution in [0.5, 0.6) is 0 Å². The predicted molar refractivity (Wildman–Crippen MR) is 135 cm³/mol. The third-order valence-corrected chi connectivity index (χ3v) is 6.57. The Bertz CT molecular complexity index is 1360. The molecule has 0 aliphatic carbocycles. The van der Waals surface area contributed by atoms with Crippen LogP contribution in [0, 0.1) is 18.3 Å². The third kappa shape index (κ3) is 4.64. The first-order valence-electron chi connectivity index (χ1n) is 11.8. The van der Waals surface area contributed by atoms with E-state index in [-0.39, 0.29) is 6.10 Å². The van der Waals surface area contributed by atoms with Crippen LogP contribution in [-0.2, 0) is 11.3 Å². The van der Waals surface area contributed by atoms with Crippen LogP contribution in [0.1, 0.15) is 36.8 Å². The Kier molecular flexibility index (Phi) is 6.24. The minimum atomic E-state index is 0.233. The van der Waals surface area contributed by atoms with Gasteiger partial charge in [-0.25, -0.2) is 4.98 Å². The molecule has 0 bridgehead atoms. The second kappa shape index (κ2) is 9.62. The molecule has 0 N–H and O–H groups in total. The molecule has 1 aliphatic heterocycles. The lowest BCUT2D eigenvalue weighted by Crippen LogP contribution is -2.15. The molecular formula is C29H28N4O. The van der Waals surface area contributed by atoms with Gasteiger partial charge in [-0.2, -0.15) is 10.4 Å². The molecule has 2 aromatic carbocycles. The first-order valence-corrected chi connectivity index (χ1v) is 11.8. The number of hydrogen-bond donors (Lipinski definition) is 0. The van der Waals surface area contributed by atoms with Crippen molar-refractivity contribution >= 4 is 11.0 Å². The number of aromatic nitrogens is 3. The number of rotatable bonds is 5. The van der Waals surface area contributed by atoms with Crippen molar-refractivity contribution in [2.45, 2.75) is 45.3 Å². The summed E-state index contributed by atoms with van der Waals surface area (Å²) in [5, 5.41) is 13.9. The van der Waals surface area contributed by atoms with Crippen LogP contribution in [0.3, 0.4) is 0 Å². The first-order chi connectivity index (χ1) is 16.6. The van der Waals surface area contributed by atoms with E-state index >= 15 is 0 Å². The van der Waals surface area contributed by atoms with Gasteiger partial charge in [-0.1, -0.05) is 54.1 Å². The highest BCUT2D eigenvalue weighted by atomic mass is 16.5. The summed E-state index contributed by atoms with van der Waals surface area (Å²) in [6.45, 7) is 7.74. The average Bonchev–Trinajstić information content (AvgIpc) is 3.14. The van der Waals surface area contributed by atoms with Crippen molar-refractivity contribution in [2.75, 3.05) is 6.61 Å². The van der Waals surface area contributed by atoms with Gasteiger partial charge in [-0.05, 0) is 56.4 Å². The molecule has 34 heavy (non-hydrogen) atoms. The summed E-state index contributed by atoms with van der Waals surface area (Å²) in [6.07, 6.45) is 6.01. The molecule has 170 valence electrons. The van der Waals surface area contributed by atoms with Gasteiger partial charge in [0.15, 0.2) is 0 Å². The zero-order valence-corrected chi connectivity index (χ0v) is 19.5. The van der Waals surface area contributed by atoms with Gasteiger partial charge in [0.05, 0.1) is 41.8 Å². The fourth-order valence-electron chi connectivity index (χ4n) is 4.50. The standard InChI is InChI=1S/C29H28N4O/c1-20-3-8-24(9-4-20)29-26(23-10-6-22(18-30)7-11-23)17-28-27(32-29)19-31-33(28)15-13-25-12-5-21(2)14-16-34-25/h3-4,6-11,17,19,25H,2,5,12-16H2,1H3/t25-/m0/s1.